The topological polar surface area (TPSA) is 3.24 Å². The quantitative estimate of drug-likeness (QED) is 0.577. The van der Waals surface area contributed by atoms with Crippen LogP contribution in [0.25, 0.3) is 0 Å². The molecule has 0 aromatic heterocycles. The van der Waals surface area contributed by atoms with Crippen LogP contribution in [0.1, 0.15) is 67.2 Å². The summed E-state index contributed by atoms with van der Waals surface area (Å²) in [6, 6.07) is 0. The summed E-state index contributed by atoms with van der Waals surface area (Å²) in [4.78, 5) is 2.27. The van der Waals surface area contributed by atoms with Crippen molar-refractivity contribution in [1.29, 1.82) is 0 Å². The van der Waals surface area contributed by atoms with Crippen LogP contribution in [-0.4, -0.2) is 25.5 Å². The minimum absolute atomic E-state index is 0.872. The maximum atomic E-state index is 2.34. The van der Waals surface area contributed by atoms with Crippen molar-refractivity contribution >= 4 is 0 Å². The zero-order valence-corrected chi connectivity index (χ0v) is 12.6. The summed E-state index contributed by atoms with van der Waals surface area (Å²) < 4.78 is 0. The summed E-state index contributed by atoms with van der Waals surface area (Å²) in [6.07, 6.45) is 5.55. The summed E-state index contributed by atoms with van der Waals surface area (Å²) >= 11 is 0. The molecule has 0 aliphatic carbocycles. The van der Waals surface area contributed by atoms with Crippen LogP contribution >= 0.6 is 0 Å². The standard InChI is InChI=1S/C10H23N.2C2H6/c1-5-6-7-8-10(2)9-11(3)4;2*1-2/h10H,5-9H2,1-4H3;2*1-2H3. The number of hydrogen-bond donors (Lipinski definition) is 0. The van der Waals surface area contributed by atoms with Crippen LogP contribution in [0.15, 0.2) is 0 Å². The van der Waals surface area contributed by atoms with E-state index < -0.39 is 0 Å². The molecule has 0 saturated carbocycles. The van der Waals surface area contributed by atoms with Gasteiger partial charge in [0.2, 0.25) is 0 Å². The third-order valence-electron chi connectivity index (χ3n) is 1.98. The lowest BCUT2D eigenvalue weighted by atomic mass is 10.0. The third-order valence-corrected chi connectivity index (χ3v) is 1.98. The van der Waals surface area contributed by atoms with E-state index in [1.807, 2.05) is 27.7 Å². The highest BCUT2D eigenvalue weighted by atomic mass is 15.1. The molecule has 0 heterocycles. The summed E-state index contributed by atoms with van der Waals surface area (Å²) in [7, 11) is 4.30. The number of unbranched alkanes of at least 4 members (excludes halogenated alkanes) is 2. The predicted octanol–water partition coefficient (Wildman–Crippen LogP) is 4.82. The van der Waals surface area contributed by atoms with Gasteiger partial charge < -0.3 is 4.90 Å². The molecule has 1 atom stereocenters. The molecule has 0 aliphatic rings. The first kappa shape index (κ1) is 20.4. The Kier molecular flexibility index (Phi) is 26.5. The van der Waals surface area contributed by atoms with Crippen LogP contribution in [0.2, 0.25) is 0 Å². The molecule has 0 rings (SSSR count). The molecule has 0 aromatic carbocycles. The van der Waals surface area contributed by atoms with Crippen molar-refractivity contribution in [3.63, 3.8) is 0 Å². The molecule has 0 bridgehead atoms. The maximum absolute atomic E-state index is 2.34. The second kappa shape index (κ2) is 19.5. The lowest BCUT2D eigenvalue weighted by Gasteiger charge is -2.16. The van der Waals surface area contributed by atoms with Crippen molar-refractivity contribution in [3.05, 3.63) is 0 Å². The fourth-order valence-corrected chi connectivity index (χ4v) is 1.46. The Hall–Kier alpha value is -0.0400. The van der Waals surface area contributed by atoms with Gasteiger partial charge in [-0.25, -0.2) is 0 Å². The minimum Gasteiger partial charge on any atom is -0.309 e. The molecule has 0 N–H and O–H groups in total. The number of nitrogens with zero attached hydrogens (tertiary/aromatic N) is 1. The van der Waals surface area contributed by atoms with E-state index in [0.29, 0.717) is 0 Å². The molecule has 0 fully saturated rings. The van der Waals surface area contributed by atoms with E-state index in [0.717, 1.165) is 5.92 Å². The Bertz CT molecular complexity index is 79.4. The Morgan fingerprint density at radius 1 is 0.933 bits per heavy atom. The van der Waals surface area contributed by atoms with Crippen molar-refractivity contribution in [1.82, 2.24) is 4.90 Å². The first-order valence-corrected chi connectivity index (χ1v) is 6.81. The predicted molar refractivity (Wildman–Crippen MR) is 74.6 cm³/mol. The normalized spacial score (nSPS) is 11.0. The molecule has 1 nitrogen and oxygen atoms in total. The Balaban J connectivity index is -0.000000318. The van der Waals surface area contributed by atoms with Gasteiger partial charge in [-0.3, -0.25) is 0 Å². The van der Waals surface area contributed by atoms with Crippen molar-refractivity contribution in [3.8, 4) is 0 Å². The van der Waals surface area contributed by atoms with Gasteiger partial charge in [-0.05, 0) is 26.4 Å². The lowest BCUT2D eigenvalue weighted by Crippen LogP contribution is -2.19. The Labute approximate surface area is 99.3 Å². The monoisotopic (exact) mass is 217 g/mol. The molecule has 15 heavy (non-hydrogen) atoms. The molecule has 96 valence electrons. The Morgan fingerprint density at radius 3 is 1.73 bits per heavy atom. The van der Waals surface area contributed by atoms with Gasteiger partial charge in [0.15, 0.2) is 0 Å². The molecular formula is C14H35N. The molecule has 0 aliphatic heterocycles. The van der Waals surface area contributed by atoms with Crippen LogP contribution in [0.4, 0.5) is 0 Å². The fourth-order valence-electron chi connectivity index (χ4n) is 1.46. The summed E-state index contributed by atoms with van der Waals surface area (Å²) in [6.45, 7) is 13.8. The van der Waals surface area contributed by atoms with Crippen LogP contribution in [0.3, 0.4) is 0 Å². The van der Waals surface area contributed by atoms with E-state index in [2.05, 4.69) is 32.8 Å². The summed E-state index contributed by atoms with van der Waals surface area (Å²) in [5, 5.41) is 0. The molecule has 0 radical (unpaired) electrons. The van der Waals surface area contributed by atoms with Gasteiger partial charge in [-0.2, -0.15) is 0 Å². The van der Waals surface area contributed by atoms with E-state index in [-0.39, 0.29) is 0 Å². The number of hydrogen-bond acceptors (Lipinski definition) is 1. The van der Waals surface area contributed by atoms with Gasteiger partial charge in [0, 0.05) is 6.54 Å². The van der Waals surface area contributed by atoms with E-state index in [4.69, 9.17) is 0 Å². The third kappa shape index (κ3) is 24.9. The van der Waals surface area contributed by atoms with Crippen molar-refractivity contribution in [2.24, 2.45) is 5.92 Å². The van der Waals surface area contributed by atoms with Crippen molar-refractivity contribution < 1.29 is 0 Å². The molecule has 1 heteroatoms. The fraction of sp³-hybridized carbons (Fsp3) is 1.00. The van der Waals surface area contributed by atoms with Gasteiger partial charge in [-0.15, -0.1) is 0 Å². The molecular weight excluding hydrogens is 182 g/mol. The number of rotatable bonds is 6. The van der Waals surface area contributed by atoms with Crippen molar-refractivity contribution in [2.45, 2.75) is 67.2 Å². The van der Waals surface area contributed by atoms with Crippen LogP contribution in [0, 0.1) is 5.92 Å². The van der Waals surface area contributed by atoms with Gasteiger partial charge in [0.05, 0.1) is 0 Å². The molecule has 0 amide bonds. The van der Waals surface area contributed by atoms with Gasteiger partial charge in [-0.1, -0.05) is 60.8 Å². The lowest BCUT2D eigenvalue weighted by molar-refractivity contribution is 0.322. The Morgan fingerprint density at radius 2 is 1.40 bits per heavy atom. The highest BCUT2D eigenvalue weighted by Gasteiger charge is 2.01. The van der Waals surface area contributed by atoms with E-state index in [1.54, 1.807) is 0 Å². The highest BCUT2D eigenvalue weighted by molar-refractivity contribution is 4.55. The van der Waals surface area contributed by atoms with Gasteiger partial charge in [0.1, 0.15) is 0 Å². The zero-order chi connectivity index (χ0) is 12.7. The molecule has 0 spiro atoms. The summed E-state index contributed by atoms with van der Waals surface area (Å²) in [5.41, 5.74) is 0. The van der Waals surface area contributed by atoms with E-state index in [1.165, 1.54) is 32.2 Å². The summed E-state index contributed by atoms with van der Waals surface area (Å²) in [5.74, 6) is 0.872. The van der Waals surface area contributed by atoms with Crippen LogP contribution in [0.5, 0.6) is 0 Å². The van der Waals surface area contributed by atoms with Crippen molar-refractivity contribution in [2.75, 3.05) is 20.6 Å². The first-order chi connectivity index (χ1) is 7.16. The zero-order valence-electron chi connectivity index (χ0n) is 12.6. The molecule has 0 saturated heterocycles. The average Bonchev–Trinajstić information content (AvgIpc) is 2.23. The smallest absolute Gasteiger partial charge is 0.0000920 e. The maximum Gasteiger partial charge on any atom is 0.0000920 e. The second-order valence-electron chi connectivity index (χ2n) is 3.86. The van der Waals surface area contributed by atoms with Crippen LogP contribution < -0.4 is 0 Å². The second-order valence-corrected chi connectivity index (χ2v) is 3.86. The first-order valence-electron chi connectivity index (χ1n) is 6.81. The average molecular weight is 217 g/mol. The van der Waals surface area contributed by atoms with Gasteiger partial charge in [0.25, 0.3) is 0 Å². The highest BCUT2D eigenvalue weighted by Crippen LogP contribution is 2.09. The SMILES string of the molecule is CC.CC.CCCCCC(C)CN(C)C. The van der Waals surface area contributed by atoms with E-state index >= 15 is 0 Å². The molecule has 0 aromatic rings. The largest absolute Gasteiger partial charge is 0.309 e. The minimum atomic E-state index is 0.872. The van der Waals surface area contributed by atoms with Gasteiger partial charge >= 0.3 is 0 Å². The molecule has 1 unspecified atom stereocenters. The van der Waals surface area contributed by atoms with Crippen LogP contribution in [-0.2, 0) is 0 Å². The van der Waals surface area contributed by atoms with E-state index in [9.17, 15) is 0 Å².